The number of carbonyl (C=O) groups excluding carboxylic acids is 1. The smallest absolute Gasteiger partial charge is 0.257 e. The molecule has 3 aromatic heterocycles. The number of amides is 1. The molecule has 9 nitrogen and oxygen atoms in total. The maximum Gasteiger partial charge on any atom is 0.257 e. The van der Waals surface area contributed by atoms with Crippen LogP contribution < -0.4 is 10.9 Å². The Morgan fingerprint density at radius 3 is 3.13 bits per heavy atom. The number of thioether (sulfide) groups is 1. The number of fused-ring (bicyclic) bond motifs is 2. The summed E-state index contributed by atoms with van der Waals surface area (Å²) >= 11 is 1.55. The average Bonchev–Trinajstić information content (AvgIpc) is 3.52. The van der Waals surface area contributed by atoms with E-state index in [2.05, 4.69) is 20.4 Å². The molecule has 2 aliphatic rings. The fraction of sp³-hybridized carbons (Fsp3) is 0.450. The normalized spacial score (nSPS) is 17.2. The molecule has 0 unspecified atom stereocenters. The number of aryl methyl sites for hydroxylation is 2. The zero-order valence-corrected chi connectivity index (χ0v) is 17.4. The Kier molecular flexibility index (Phi) is 4.93. The van der Waals surface area contributed by atoms with Gasteiger partial charge in [0.15, 0.2) is 5.16 Å². The number of carbonyl (C=O) groups is 1. The van der Waals surface area contributed by atoms with Crippen molar-refractivity contribution in [3.8, 4) is 11.5 Å². The van der Waals surface area contributed by atoms with E-state index in [0.717, 1.165) is 47.9 Å². The molecule has 0 radical (unpaired) electrons. The maximum absolute atomic E-state index is 12.8. The third-order valence-electron chi connectivity index (χ3n) is 5.60. The summed E-state index contributed by atoms with van der Waals surface area (Å²) in [6.07, 6.45) is 4.81. The summed E-state index contributed by atoms with van der Waals surface area (Å²) in [5.74, 6) is 1.37. The SMILES string of the molecule is CCn1cccc1-c1noc(CNC(=O)C[C@@H]2CSc3nc4c(c(=O)n32)CCC4)n1. The number of rotatable bonds is 6. The van der Waals surface area contributed by atoms with Gasteiger partial charge in [0.25, 0.3) is 5.56 Å². The summed E-state index contributed by atoms with van der Waals surface area (Å²) in [6.45, 7) is 3.00. The molecule has 1 atom stereocenters. The fourth-order valence-corrected chi connectivity index (χ4v) is 5.24. The summed E-state index contributed by atoms with van der Waals surface area (Å²) < 4.78 is 9.00. The second-order valence-electron chi connectivity index (χ2n) is 7.49. The molecule has 1 aliphatic carbocycles. The topological polar surface area (TPSA) is 108 Å². The van der Waals surface area contributed by atoms with Crippen molar-refractivity contribution in [2.75, 3.05) is 5.75 Å². The highest BCUT2D eigenvalue weighted by atomic mass is 32.2. The van der Waals surface area contributed by atoms with Gasteiger partial charge in [-0.1, -0.05) is 16.9 Å². The van der Waals surface area contributed by atoms with E-state index in [0.29, 0.717) is 17.5 Å². The lowest BCUT2D eigenvalue weighted by atomic mass is 10.2. The minimum atomic E-state index is -0.179. The highest BCUT2D eigenvalue weighted by molar-refractivity contribution is 7.99. The minimum Gasteiger partial charge on any atom is -0.347 e. The number of nitrogens with zero attached hydrogens (tertiary/aromatic N) is 5. The van der Waals surface area contributed by atoms with Crippen LogP contribution in [0.4, 0.5) is 0 Å². The Balaban J connectivity index is 1.23. The molecule has 0 fully saturated rings. The van der Waals surface area contributed by atoms with E-state index in [4.69, 9.17) is 4.52 Å². The highest BCUT2D eigenvalue weighted by Gasteiger charge is 2.31. The molecular weight excluding hydrogens is 404 g/mol. The van der Waals surface area contributed by atoms with E-state index in [1.165, 1.54) is 0 Å². The van der Waals surface area contributed by atoms with Crippen molar-refractivity contribution in [3.63, 3.8) is 0 Å². The van der Waals surface area contributed by atoms with Crippen LogP contribution in [-0.4, -0.2) is 35.9 Å². The lowest BCUT2D eigenvalue weighted by Gasteiger charge is -2.14. The van der Waals surface area contributed by atoms with Gasteiger partial charge in [-0.25, -0.2) is 4.98 Å². The van der Waals surface area contributed by atoms with Gasteiger partial charge in [0.1, 0.15) is 0 Å². The first kappa shape index (κ1) is 19.1. The first-order valence-electron chi connectivity index (χ1n) is 10.2. The summed E-state index contributed by atoms with van der Waals surface area (Å²) in [7, 11) is 0. The number of nitrogens with one attached hydrogen (secondary N) is 1. The largest absolute Gasteiger partial charge is 0.347 e. The third-order valence-corrected chi connectivity index (χ3v) is 6.70. The van der Waals surface area contributed by atoms with Crippen LogP contribution in [0, 0.1) is 0 Å². The van der Waals surface area contributed by atoms with Crippen LogP contribution in [0.1, 0.15) is 43.0 Å². The molecule has 4 heterocycles. The van der Waals surface area contributed by atoms with Gasteiger partial charge in [0.05, 0.1) is 24.0 Å². The fourth-order valence-electron chi connectivity index (χ4n) is 4.09. The van der Waals surface area contributed by atoms with Crippen LogP contribution >= 0.6 is 11.8 Å². The van der Waals surface area contributed by atoms with Gasteiger partial charge in [-0.3, -0.25) is 14.2 Å². The Hall–Kier alpha value is -2.88. The molecule has 0 spiro atoms. The van der Waals surface area contributed by atoms with E-state index in [-0.39, 0.29) is 30.5 Å². The summed E-state index contributed by atoms with van der Waals surface area (Å²) in [6, 6.07) is 3.68. The highest BCUT2D eigenvalue weighted by Crippen LogP contribution is 2.33. The van der Waals surface area contributed by atoms with Crippen LogP contribution in [0.5, 0.6) is 0 Å². The quantitative estimate of drug-likeness (QED) is 0.600. The summed E-state index contributed by atoms with van der Waals surface area (Å²) in [5, 5.41) is 7.57. The Morgan fingerprint density at radius 1 is 1.37 bits per heavy atom. The Morgan fingerprint density at radius 2 is 2.27 bits per heavy atom. The molecule has 156 valence electrons. The molecule has 0 bridgehead atoms. The first-order valence-corrected chi connectivity index (χ1v) is 11.1. The molecule has 10 heteroatoms. The van der Waals surface area contributed by atoms with Crippen LogP contribution in [-0.2, 0) is 30.7 Å². The molecule has 3 aromatic rings. The summed E-state index contributed by atoms with van der Waals surface area (Å²) in [5.41, 5.74) is 2.65. The van der Waals surface area contributed by atoms with E-state index in [9.17, 15) is 9.59 Å². The van der Waals surface area contributed by atoms with E-state index >= 15 is 0 Å². The Labute approximate surface area is 176 Å². The molecule has 0 saturated carbocycles. The van der Waals surface area contributed by atoms with Gasteiger partial charge in [-0.2, -0.15) is 4.98 Å². The van der Waals surface area contributed by atoms with Crippen molar-refractivity contribution < 1.29 is 9.32 Å². The molecule has 1 N–H and O–H groups in total. The molecule has 30 heavy (non-hydrogen) atoms. The molecular formula is C20H22N6O3S. The first-order chi connectivity index (χ1) is 14.6. The number of aromatic nitrogens is 5. The molecule has 0 aromatic carbocycles. The predicted molar refractivity (Wildman–Crippen MR) is 110 cm³/mol. The average molecular weight is 427 g/mol. The van der Waals surface area contributed by atoms with Crippen molar-refractivity contribution in [2.24, 2.45) is 0 Å². The molecule has 1 aliphatic heterocycles. The number of hydrogen-bond donors (Lipinski definition) is 1. The van der Waals surface area contributed by atoms with Crippen LogP contribution in [0.15, 0.2) is 32.8 Å². The second kappa shape index (κ2) is 7.75. The lowest BCUT2D eigenvalue weighted by Crippen LogP contribution is -2.32. The molecule has 5 rings (SSSR count). The second-order valence-corrected chi connectivity index (χ2v) is 8.47. The zero-order valence-electron chi connectivity index (χ0n) is 16.6. The summed E-state index contributed by atoms with van der Waals surface area (Å²) in [4.78, 5) is 34.4. The predicted octanol–water partition coefficient (Wildman–Crippen LogP) is 1.96. The van der Waals surface area contributed by atoms with E-state index in [1.54, 1.807) is 16.3 Å². The van der Waals surface area contributed by atoms with Gasteiger partial charge >= 0.3 is 0 Å². The maximum atomic E-state index is 12.8. The van der Waals surface area contributed by atoms with Gasteiger partial charge in [0.2, 0.25) is 17.6 Å². The Bertz CT molecular complexity index is 1160. The molecule has 0 saturated heterocycles. The van der Waals surface area contributed by atoms with Gasteiger partial charge in [0, 0.05) is 30.5 Å². The van der Waals surface area contributed by atoms with Crippen LogP contribution in [0.25, 0.3) is 11.5 Å². The number of hydrogen-bond acceptors (Lipinski definition) is 7. The monoisotopic (exact) mass is 426 g/mol. The lowest BCUT2D eigenvalue weighted by molar-refractivity contribution is -0.122. The van der Waals surface area contributed by atoms with Gasteiger partial charge in [-0.05, 0) is 38.3 Å². The van der Waals surface area contributed by atoms with Gasteiger partial charge < -0.3 is 14.4 Å². The zero-order chi connectivity index (χ0) is 20.7. The minimum absolute atomic E-state index is 0.0239. The van der Waals surface area contributed by atoms with Crippen molar-refractivity contribution in [1.29, 1.82) is 0 Å². The standard InChI is InChI=1S/C20H22N6O3S/c1-2-25-8-4-7-15(25)18-23-17(29-24-18)10-21-16(27)9-12-11-30-20-22-14-6-3-5-13(14)19(28)26(12)20/h4,7-8,12H,2-3,5-6,9-11H2,1H3,(H,21,27)/t12-/m1/s1. The third kappa shape index (κ3) is 3.34. The van der Waals surface area contributed by atoms with E-state index < -0.39 is 0 Å². The van der Waals surface area contributed by atoms with E-state index in [1.807, 2.05) is 29.8 Å². The van der Waals surface area contributed by atoms with Crippen LogP contribution in [0.3, 0.4) is 0 Å². The van der Waals surface area contributed by atoms with Crippen molar-refractivity contribution in [1.82, 2.24) is 29.6 Å². The van der Waals surface area contributed by atoms with Crippen molar-refractivity contribution >= 4 is 17.7 Å². The van der Waals surface area contributed by atoms with Crippen LogP contribution in [0.2, 0.25) is 0 Å². The van der Waals surface area contributed by atoms with Gasteiger partial charge in [-0.15, -0.1) is 0 Å². The van der Waals surface area contributed by atoms with Crippen molar-refractivity contribution in [2.45, 2.75) is 56.9 Å². The van der Waals surface area contributed by atoms with Crippen molar-refractivity contribution in [3.05, 3.63) is 45.8 Å². The molecule has 1 amide bonds.